The number of aryl methyl sites for hydroxylation is 1. The number of carbonyl (C=O) groups excluding carboxylic acids is 2. The normalized spacial score (nSPS) is 19.6. The molecule has 1 fully saturated rings. The topological polar surface area (TPSA) is 92.5 Å². The van der Waals surface area contributed by atoms with E-state index in [-0.39, 0.29) is 18.1 Å². The molecule has 2 aliphatic heterocycles. The summed E-state index contributed by atoms with van der Waals surface area (Å²) in [7, 11) is 0. The molecule has 1 aromatic heterocycles. The summed E-state index contributed by atoms with van der Waals surface area (Å²) < 4.78 is 16.5. The van der Waals surface area contributed by atoms with Crippen molar-refractivity contribution in [2.45, 2.75) is 26.8 Å². The van der Waals surface area contributed by atoms with E-state index < -0.39 is 17.7 Å². The Hall–Kier alpha value is -3.26. The summed E-state index contributed by atoms with van der Waals surface area (Å²) >= 11 is 0. The molecule has 0 radical (unpaired) electrons. The van der Waals surface area contributed by atoms with Crippen molar-refractivity contribution in [1.29, 1.82) is 0 Å². The van der Waals surface area contributed by atoms with Gasteiger partial charge in [-0.15, -0.1) is 0 Å². The van der Waals surface area contributed by atoms with Gasteiger partial charge in [0.2, 0.25) is 6.79 Å². The van der Waals surface area contributed by atoms with Crippen LogP contribution in [0.4, 0.5) is 0 Å². The van der Waals surface area contributed by atoms with Gasteiger partial charge in [-0.05, 0) is 50.3 Å². The van der Waals surface area contributed by atoms with Crippen molar-refractivity contribution in [1.82, 2.24) is 9.80 Å². The Labute approximate surface area is 180 Å². The molecule has 0 saturated carbocycles. The van der Waals surface area contributed by atoms with Crippen molar-refractivity contribution in [3.05, 3.63) is 53.0 Å². The van der Waals surface area contributed by atoms with Crippen LogP contribution in [0.3, 0.4) is 0 Å². The summed E-state index contributed by atoms with van der Waals surface area (Å²) in [6.45, 7) is 8.61. The molecule has 1 aromatic carbocycles. The van der Waals surface area contributed by atoms with E-state index in [0.717, 1.165) is 13.1 Å². The Morgan fingerprint density at radius 2 is 1.87 bits per heavy atom. The number of ether oxygens (including phenoxy) is 2. The SMILES string of the molecule is CCN(CC)CCN1C(=O)C(=O)C(=C(O)c2ccc3c(c2)OCO3)C1c1ccc(C)o1. The summed E-state index contributed by atoms with van der Waals surface area (Å²) in [5.74, 6) is 0.508. The summed E-state index contributed by atoms with van der Waals surface area (Å²) in [6.07, 6.45) is 0. The van der Waals surface area contributed by atoms with E-state index in [0.29, 0.717) is 41.7 Å². The van der Waals surface area contributed by atoms with Crippen LogP contribution in [0.15, 0.2) is 40.3 Å². The minimum atomic E-state index is -0.797. The number of rotatable bonds is 7. The highest BCUT2D eigenvalue weighted by Gasteiger charge is 2.47. The van der Waals surface area contributed by atoms with Crippen molar-refractivity contribution in [2.75, 3.05) is 33.0 Å². The maximum Gasteiger partial charge on any atom is 0.295 e. The fourth-order valence-electron chi connectivity index (χ4n) is 4.00. The van der Waals surface area contributed by atoms with Gasteiger partial charge in [-0.1, -0.05) is 13.8 Å². The number of hydrogen-bond donors (Lipinski definition) is 1. The minimum absolute atomic E-state index is 0.0118. The Bertz CT molecular complexity index is 1040. The first-order valence-electron chi connectivity index (χ1n) is 10.4. The second kappa shape index (κ2) is 8.47. The highest BCUT2D eigenvalue weighted by Crippen LogP contribution is 2.41. The number of hydrogen-bond acceptors (Lipinski definition) is 7. The van der Waals surface area contributed by atoms with E-state index in [9.17, 15) is 14.7 Å². The average molecular weight is 426 g/mol. The van der Waals surface area contributed by atoms with Crippen LogP contribution < -0.4 is 9.47 Å². The maximum atomic E-state index is 13.0. The van der Waals surface area contributed by atoms with Crippen LogP contribution in [0, 0.1) is 6.92 Å². The van der Waals surface area contributed by atoms with Crippen LogP contribution in [-0.2, 0) is 9.59 Å². The highest BCUT2D eigenvalue weighted by atomic mass is 16.7. The molecule has 1 amide bonds. The summed E-state index contributed by atoms with van der Waals surface area (Å²) in [6, 6.07) is 7.63. The molecule has 1 unspecified atom stereocenters. The lowest BCUT2D eigenvalue weighted by atomic mass is 9.99. The largest absolute Gasteiger partial charge is 0.507 e. The first kappa shape index (κ1) is 21.0. The molecule has 31 heavy (non-hydrogen) atoms. The molecule has 2 aliphatic rings. The van der Waals surface area contributed by atoms with E-state index in [2.05, 4.69) is 4.90 Å². The molecule has 0 spiro atoms. The third-order valence-electron chi connectivity index (χ3n) is 5.77. The number of aliphatic hydroxyl groups is 1. The number of likely N-dealkylation sites (N-methyl/N-ethyl adjacent to an activating group) is 1. The number of amides is 1. The zero-order valence-electron chi connectivity index (χ0n) is 17.9. The van der Waals surface area contributed by atoms with E-state index in [1.165, 1.54) is 4.90 Å². The predicted molar refractivity (Wildman–Crippen MR) is 113 cm³/mol. The van der Waals surface area contributed by atoms with E-state index >= 15 is 0 Å². The number of carbonyl (C=O) groups is 2. The number of fused-ring (bicyclic) bond motifs is 1. The van der Waals surface area contributed by atoms with Gasteiger partial charge in [-0.2, -0.15) is 0 Å². The van der Waals surface area contributed by atoms with Gasteiger partial charge in [0, 0.05) is 18.7 Å². The molecule has 164 valence electrons. The van der Waals surface area contributed by atoms with E-state index in [1.54, 1.807) is 37.3 Å². The Kier molecular flexibility index (Phi) is 5.73. The molecule has 0 aliphatic carbocycles. The van der Waals surface area contributed by atoms with Crippen LogP contribution in [0.5, 0.6) is 11.5 Å². The second-order valence-corrected chi connectivity index (χ2v) is 7.54. The number of nitrogens with zero attached hydrogens (tertiary/aromatic N) is 2. The Morgan fingerprint density at radius 1 is 1.13 bits per heavy atom. The zero-order valence-corrected chi connectivity index (χ0v) is 17.9. The fourth-order valence-corrected chi connectivity index (χ4v) is 4.00. The van der Waals surface area contributed by atoms with Crippen molar-refractivity contribution in [2.24, 2.45) is 0 Å². The van der Waals surface area contributed by atoms with Crippen molar-refractivity contribution in [3.63, 3.8) is 0 Å². The summed E-state index contributed by atoms with van der Waals surface area (Å²) in [5.41, 5.74) is 0.386. The van der Waals surface area contributed by atoms with Crippen LogP contribution >= 0.6 is 0 Å². The van der Waals surface area contributed by atoms with Gasteiger partial charge < -0.3 is 28.8 Å². The predicted octanol–water partition coefficient (Wildman–Crippen LogP) is 3.08. The second-order valence-electron chi connectivity index (χ2n) is 7.54. The number of aliphatic hydroxyl groups excluding tert-OH is 1. The van der Waals surface area contributed by atoms with Crippen LogP contribution in [0.25, 0.3) is 5.76 Å². The van der Waals surface area contributed by atoms with Gasteiger partial charge in [0.25, 0.3) is 11.7 Å². The molecule has 8 nitrogen and oxygen atoms in total. The molecule has 8 heteroatoms. The van der Waals surface area contributed by atoms with Gasteiger partial charge in [0.05, 0.1) is 5.57 Å². The number of benzene rings is 1. The molecule has 3 heterocycles. The van der Waals surface area contributed by atoms with Gasteiger partial charge in [0.15, 0.2) is 11.5 Å². The van der Waals surface area contributed by atoms with Crippen LogP contribution in [-0.4, -0.2) is 59.6 Å². The number of likely N-dealkylation sites (tertiary alicyclic amines) is 1. The zero-order chi connectivity index (χ0) is 22.1. The number of ketones is 1. The molecule has 1 atom stereocenters. The number of furan rings is 1. The number of Topliss-reactive ketones (excluding diaryl/α,β-unsaturated/α-hetero) is 1. The van der Waals surface area contributed by atoms with Crippen molar-refractivity contribution < 1.29 is 28.6 Å². The van der Waals surface area contributed by atoms with Crippen LogP contribution in [0.2, 0.25) is 0 Å². The standard InChI is InChI=1S/C23H26N2O6/c1-4-24(5-2)10-11-25-20(17-8-6-14(3)31-17)19(22(27)23(25)28)21(26)15-7-9-16-18(12-15)30-13-29-16/h6-9,12,20,26H,4-5,10-11,13H2,1-3H3. The quantitative estimate of drug-likeness (QED) is 0.413. The lowest BCUT2D eigenvalue weighted by Gasteiger charge is -2.26. The van der Waals surface area contributed by atoms with Gasteiger partial charge in [-0.25, -0.2) is 0 Å². The first-order valence-corrected chi connectivity index (χ1v) is 10.4. The third-order valence-corrected chi connectivity index (χ3v) is 5.77. The van der Waals surface area contributed by atoms with E-state index in [1.807, 2.05) is 13.8 Å². The van der Waals surface area contributed by atoms with Crippen molar-refractivity contribution >= 4 is 17.4 Å². The van der Waals surface area contributed by atoms with Gasteiger partial charge in [-0.3, -0.25) is 9.59 Å². The Balaban J connectivity index is 1.76. The molecular formula is C23H26N2O6. The van der Waals surface area contributed by atoms with Gasteiger partial charge >= 0.3 is 0 Å². The minimum Gasteiger partial charge on any atom is -0.507 e. The Morgan fingerprint density at radius 3 is 2.55 bits per heavy atom. The molecular weight excluding hydrogens is 400 g/mol. The molecule has 0 bridgehead atoms. The van der Waals surface area contributed by atoms with E-state index in [4.69, 9.17) is 13.9 Å². The molecule has 2 aromatic rings. The monoisotopic (exact) mass is 426 g/mol. The average Bonchev–Trinajstić information content (AvgIpc) is 3.47. The first-order chi connectivity index (χ1) is 14.9. The van der Waals surface area contributed by atoms with Crippen LogP contribution in [0.1, 0.15) is 37.0 Å². The fraction of sp³-hybridized carbons (Fsp3) is 0.391. The van der Waals surface area contributed by atoms with Gasteiger partial charge in [0.1, 0.15) is 23.3 Å². The molecule has 4 rings (SSSR count). The smallest absolute Gasteiger partial charge is 0.295 e. The lowest BCUT2D eigenvalue weighted by molar-refractivity contribution is -0.140. The highest BCUT2D eigenvalue weighted by molar-refractivity contribution is 6.46. The third kappa shape index (κ3) is 3.79. The summed E-state index contributed by atoms with van der Waals surface area (Å²) in [5, 5.41) is 11.1. The maximum absolute atomic E-state index is 13.0. The lowest BCUT2D eigenvalue weighted by Crippen LogP contribution is -2.37. The molecule has 1 N–H and O–H groups in total. The van der Waals surface area contributed by atoms with Crippen molar-refractivity contribution in [3.8, 4) is 11.5 Å². The molecule has 1 saturated heterocycles. The summed E-state index contributed by atoms with van der Waals surface area (Å²) in [4.78, 5) is 29.6.